The van der Waals surface area contributed by atoms with E-state index in [2.05, 4.69) is 42.8 Å². The average Bonchev–Trinajstić information content (AvgIpc) is 3.08. The summed E-state index contributed by atoms with van der Waals surface area (Å²) in [6.45, 7) is 5.56. The molecule has 1 aromatic rings. The minimum Gasteiger partial charge on any atom is -0.497 e. The van der Waals surface area contributed by atoms with Crippen LogP contribution in [0.2, 0.25) is 0 Å². The molecule has 0 saturated heterocycles. The molecular formula is C24H35N3OS. The monoisotopic (exact) mass is 413 g/mol. The lowest BCUT2D eigenvalue weighted by atomic mass is 9.55. The molecule has 0 spiro atoms. The summed E-state index contributed by atoms with van der Waals surface area (Å²) in [6, 6.07) is 6.74. The van der Waals surface area contributed by atoms with Crippen molar-refractivity contribution >= 4 is 23.0 Å². The van der Waals surface area contributed by atoms with E-state index in [1.807, 2.05) is 0 Å². The Morgan fingerprint density at radius 2 is 2.14 bits per heavy atom. The number of hydrazone groups is 1. The highest BCUT2D eigenvalue weighted by Gasteiger charge is 2.53. The standard InChI is InChI=1S/C24H35N3OS/c1-4-5-14-25-23(29)27-26-22-11-10-21-20-8-6-16-15-17(28-3)7-9-18(16)19(20)12-13-24(21,22)2/h7,9,15,19-21H,4-6,8,10-14H2,1-3H3,(H2,25,27,29). The Morgan fingerprint density at radius 3 is 2.93 bits per heavy atom. The molecule has 0 radical (unpaired) electrons. The molecule has 4 unspecified atom stereocenters. The van der Waals surface area contributed by atoms with Crippen LogP contribution in [0.5, 0.6) is 5.75 Å². The van der Waals surface area contributed by atoms with Crippen molar-refractivity contribution < 1.29 is 4.74 Å². The number of rotatable bonds is 5. The predicted octanol–water partition coefficient (Wildman–Crippen LogP) is 5.17. The minimum atomic E-state index is 0.219. The number of nitrogens with zero attached hydrogens (tertiary/aromatic N) is 1. The highest BCUT2D eigenvalue weighted by atomic mass is 32.1. The third-order valence-electron chi connectivity index (χ3n) is 7.78. The smallest absolute Gasteiger partial charge is 0.186 e. The van der Waals surface area contributed by atoms with Gasteiger partial charge in [-0.15, -0.1) is 0 Å². The number of hydrogen-bond acceptors (Lipinski definition) is 3. The predicted molar refractivity (Wildman–Crippen MR) is 124 cm³/mol. The van der Waals surface area contributed by atoms with Crippen molar-refractivity contribution in [1.29, 1.82) is 0 Å². The van der Waals surface area contributed by atoms with Gasteiger partial charge in [0.05, 0.1) is 7.11 Å². The Hall–Kier alpha value is -1.62. The van der Waals surface area contributed by atoms with Crippen molar-refractivity contribution in [3.8, 4) is 5.75 Å². The van der Waals surface area contributed by atoms with Gasteiger partial charge in [-0.25, -0.2) is 0 Å². The van der Waals surface area contributed by atoms with Crippen LogP contribution < -0.4 is 15.5 Å². The lowest BCUT2D eigenvalue weighted by molar-refractivity contribution is 0.0954. The minimum absolute atomic E-state index is 0.219. The molecule has 2 saturated carbocycles. The molecule has 4 atom stereocenters. The van der Waals surface area contributed by atoms with Gasteiger partial charge in [-0.1, -0.05) is 26.3 Å². The van der Waals surface area contributed by atoms with Crippen molar-refractivity contribution in [2.24, 2.45) is 22.4 Å². The molecule has 0 heterocycles. The second-order valence-corrected chi connectivity index (χ2v) is 9.66. The van der Waals surface area contributed by atoms with E-state index in [0.717, 1.165) is 37.0 Å². The molecule has 4 rings (SSSR count). The second kappa shape index (κ2) is 8.63. The van der Waals surface area contributed by atoms with Crippen molar-refractivity contribution in [2.45, 2.75) is 71.1 Å². The molecule has 2 N–H and O–H groups in total. The molecule has 29 heavy (non-hydrogen) atoms. The molecule has 4 nitrogen and oxygen atoms in total. The van der Waals surface area contributed by atoms with Crippen LogP contribution in [0.3, 0.4) is 0 Å². The van der Waals surface area contributed by atoms with E-state index >= 15 is 0 Å². The maximum Gasteiger partial charge on any atom is 0.186 e. The van der Waals surface area contributed by atoms with Crippen LogP contribution in [-0.2, 0) is 6.42 Å². The second-order valence-electron chi connectivity index (χ2n) is 9.25. The van der Waals surface area contributed by atoms with Crippen LogP contribution in [0.25, 0.3) is 0 Å². The number of ether oxygens (including phenoxy) is 1. The third kappa shape index (κ3) is 3.90. The molecule has 0 aromatic heterocycles. The molecule has 158 valence electrons. The van der Waals surface area contributed by atoms with Gasteiger partial charge in [0.2, 0.25) is 0 Å². The molecule has 0 bridgehead atoms. The summed E-state index contributed by atoms with van der Waals surface area (Å²) < 4.78 is 5.45. The van der Waals surface area contributed by atoms with Gasteiger partial charge < -0.3 is 10.1 Å². The van der Waals surface area contributed by atoms with Crippen molar-refractivity contribution in [1.82, 2.24) is 10.7 Å². The summed E-state index contributed by atoms with van der Waals surface area (Å²) in [5.41, 5.74) is 7.77. The van der Waals surface area contributed by atoms with Gasteiger partial charge in [0.15, 0.2) is 5.11 Å². The number of fused-ring (bicyclic) bond motifs is 5. The summed E-state index contributed by atoms with van der Waals surface area (Å²) in [7, 11) is 1.76. The number of hydrogen-bond donors (Lipinski definition) is 2. The summed E-state index contributed by atoms with van der Waals surface area (Å²) in [6.07, 6.45) is 9.62. The Kier molecular flexibility index (Phi) is 6.14. The SMILES string of the molecule is CCCCNC(=S)NN=C1CCC2C3CCc4cc(OC)ccc4C3CCC12C. The lowest BCUT2D eigenvalue weighted by Crippen LogP contribution is -2.43. The van der Waals surface area contributed by atoms with Crippen LogP contribution in [0.15, 0.2) is 23.3 Å². The Balaban J connectivity index is 1.47. The lowest BCUT2D eigenvalue weighted by Gasteiger charge is -2.49. The topological polar surface area (TPSA) is 45.7 Å². The first-order valence-corrected chi connectivity index (χ1v) is 11.8. The van der Waals surface area contributed by atoms with E-state index in [1.54, 1.807) is 12.7 Å². The van der Waals surface area contributed by atoms with Crippen molar-refractivity contribution in [3.63, 3.8) is 0 Å². The number of aryl methyl sites for hydroxylation is 1. The first-order valence-electron chi connectivity index (χ1n) is 11.3. The summed E-state index contributed by atoms with van der Waals surface area (Å²) in [4.78, 5) is 0. The zero-order valence-electron chi connectivity index (χ0n) is 18.1. The average molecular weight is 414 g/mol. The van der Waals surface area contributed by atoms with Crippen LogP contribution in [0, 0.1) is 17.3 Å². The zero-order valence-corrected chi connectivity index (χ0v) is 18.9. The molecular weight excluding hydrogens is 378 g/mol. The fourth-order valence-corrected chi connectivity index (χ4v) is 6.34. The first-order chi connectivity index (χ1) is 14.1. The normalized spacial score (nSPS) is 31.6. The summed E-state index contributed by atoms with van der Waals surface area (Å²) in [5, 5.41) is 8.73. The molecule has 3 aliphatic rings. The van der Waals surface area contributed by atoms with Crippen LogP contribution in [0.1, 0.15) is 75.8 Å². The highest BCUT2D eigenvalue weighted by molar-refractivity contribution is 7.80. The number of thiocarbonyl (C=S) groups is 1. The van der Waals surface area contributed by atoms with Gasteiger partial charge >= 0.3 is 0 Å². The van der Waals surface area contributed by atoms with E-state index in [-0.39, 0.29) is 5.41 Å². The zero-order chi connectivity index (χ0) is 20.4. The van der Waals surface area contributed by atoms with Gasteiger partial charge in [0.1, 0.15) is 5.75 Å². The van der Waals surface area contributed by atoms with E-state index in [9.17, 15) is 0 Å². The van der Waals surface area contributed by atoms with Gasteiger partial charge in [-0.3, -0.25) is 5.43 Å². The van der Waals surface area contributed by atoms with Crippen molar-refractivity contribution in [3.05, 3.63) is 29.3 Å². The number of methoxy groups -OCH3 is 1. The molecule has 0 amide bonds. The van der Waals surface area contributed by atoms with E-state index in [0.29, 0.717) is 11.0 Å². The van der Waals surface area contributed by atoms with Crippen LogP contribution in [0.4, 0.5) is 0 Å². The van der Waals surface area contributed by atoms with Crippen LogP contribution in [-0.4, -0.2) is 24.5 Å². The molecule has 2 fully saturated rings. The van der Waals surface area contributed by atoms with Gasteiger partial charge in [-0.2, -0.15) is 5.10 Å². The Labute approximate surface area is 180 Å². The van der Waals surface area contributed by atoms with Crippen LogP contribution >= 0.6 is 12.2 Å². The molecule has 1 aromatic carbocycles. The van der Waals surface area contributed by atoms with Gasteiger partial charge in [0.25, 0.3) is 0 Å². The van der Waals surface area contributed by atoms with E-state index in [4.69, 9.17) is 22.1 Å². The fraction of sp³-hybridized carbons (Fsp3) is 0.667. The maximum atomic E-state index is 5.45. The third-order valence-corrected chi connectivity index (χ3v) is 8.02. The fourth-order valence-electron chi connectivity index (χ4n) is 6.19. The largest absolute Gasteiger partial charge is 0.497 e. The van der Waals surface area contributed by atoms with Gasteiger partial charge in [-0.05, 0) is 98.2 Å². The number of unbranched alkanes of at least 4 members (excludes halogenated alkanes) is 1. The summed E-state index contributed by atoms with van der Waals surface area (Å²) >= 11 is 5.40. The molecule has 3 aliphatic carbocycles. The quantitative estimate of drug-likeness (QED) is 0.397. The first kappa shape index (κ1) is 20.6. The Bertz CT molecular complexity index is 792. The maximum absolute atomic E-state index is 5.45. The summed E-state index contributed by atoms with van der Waals surface area (Å²) in [5.74, 6) is 3.20. The van der Waals surface area contributed by atoms with E-state index in [1.165, 1.54) is 49.8 Å². The number of benzene rings is 1. The molecule has 5 heteroatoms. The van der Waals surface area contributed by atoms with E-state index < -0.39 is 0 Å². The Morgan fingerprint density at radius 1 is 1.28 bits per heavy atom. The highest BCUT2D eigenvalue weighted by Crippen LogP contribution is 2.59. The number of nitrogens with one attached hydrogen (secondary N) is 2. The van der Waals surface area contributed by atoms with Crippen molar-refractivity contribution in [2.75, 3.05) is 13.7 Å². The van der Waals surface area contributed by atoms with Gasteiger partial charge in [0, 0.05) is 17.7 Å². The molecule has 0 aliphatic heterocycles.